The van der Waals surface area contributed by atoms with Gasteiger partial charge < -0.3 is 14.9 Å². The second-order valence-electron chi connectivity index (χ2n) is 6.36. The number of aliphatic hydroxyl groups is 1. The lowest BCUT2D eigenvalue weighted by Gasteiger charge is -2.47. The van der Waals surface area contributed by atoms with Crippen LogP contribution in [0.3, 0.4) is 0 Å². The maximum atomic E-state index is 12.3. The number of hydrogen-bond donors (Lipinski definition) is 1. The maximum absolute atomic E-state index is 12.3. The van der Waals surface area contributed by atoms with Crippen molar-refractivity contribution in [3.05, 3.63) is 0 Å². The molecule has 0 aromatic carbocycles. The molecule has 1 saturated carbocycles. The number of rotatable bonds is 3. The van der Waals surface area contributed by atoms with Crippen molar-refractivity contribution in [2.75, 3.05) is 26.2 Å². The average Bonchev–Trinajstić information content (AvgIpc) is 3.10. The molecule has 3 rings (SSSR count). The Labute approximate surface area is 119 Å². The fraction of sp³-hybridized carbons (Fsp3) is 0.846. The maximum Gasteiger partial charge on any atom is 0.406 e. The first-order valence-electron chi connectivity index (χ1n) is 7.04. The van der Waals surface area contributed by atoms with Crippen LogP contribution in [0.25, 0.3) is 0 Å². The van der Waals surface area contributed by atoms with Crippen molar-refractivity contribution in [1.29, 1.82) is 0 Å². The first-order chi connectivity index (χ1) is 9.68. The Morgan fingerprint density at radius 3 is 2.48 bits per heavy atom. The normalized spacial score (nSPS) is 28.8. The van der Waals surface area contributed by atoms with Crippen LogP contribution in [0.5, 0.6) is 0 Å². The summed E-state index contributed by atoms with van der Waals surface area (Å²) in [6.07, 6.45) is -2.70. The van der Waals surface area contributed by atoms with Crippen LogP contribution in [-0.2, 0) is 9.59 Å². The number of amides is 2. The van der Waals surface area contributed by atoms with Crippen molar-refractivity contribution in [1.82, 2.24) is 9.80 Å². The summed E-state index contributed by atoms with van der Waals surface area (Å²) in [6, 6.07) is 0. The van der Waals surface area contributed by atoms with Crippen LogP contribution in [0.4, 0.5) is 13.2 Å². The summed E-state index contributed by atoms with van der Waals surface area (Å²) in [4.78, 5) is 25.9. The fourth-order valence-corrected chi connectivity index (χ4v) is 3.21. The molecule has 3 aliphatic rings. The lowest BCUT2D eigenvalue weighted by atomic mass is 9.87. The van der Waals surface area contributed by atoms with E-state index in [1.807, 2.05) is 0 Å². The monoisotopic (exact) mass is 306 g/mol. The number of alkyl halides is 3. The molecule has 0 aromatic rings. The van der Waals surface area contributed by atoms with E-state index in [1.165, 1.54) is 4.90 Å². The van der Waals surface area contributed by atoms with Crippen LogP contribution in [0.15, 0.2) is 0 Å². The van der Waals surface area contributed by atoms with E-state index in [2.05, 4.69) is 0 Å². The molecule has 0 bridgehead atoms. The topological polar surface area (TPSA) is 60.9 Å². The van der Waals surface area contributed by atoms with Gasteiger partial charge in [-0.15, -0.1) is 0 Å². The van der Waals surface area contributed by atoms with Crippen LogP contribution in [0.2, 0.25) is 0 Å². The summed E-state index contributed by atoms with van der Waals surface area (Å²) in [5, 5.41) is 10.1. The average molecular weight is 306 g/mol. The third-order valence-corrected chi connectivity index (χ3v) is 4.51. The summed E-state index contributed by atoms with van der Waals surface area (Å²) < 4.78 is 37.0. The van der Waals surface area contributed by atoms with Gasteiger partial charge in [0.05, 0.1) is 19.0 Å². The summed E-state index contributed by atoms with van der Waals surface area (Å²) in [5.41, 5.74) is -0.816. The molecule has 0 aromatic heterocycles. The van der Waals surface area contributed by atoms with Crippen molar-refractivity contribution < 1.29 is 27.9 Å². The number of carbonyl (C=O) groups excluding carboxylic acids is 2. The number of hydrogen-bond acceptors (Lipinski definition) is 3. The lowest BCUT2D eigenvalue weighted by Crippen LogP contribution is -2.65. The van der Waals surface area contributed by atoms with Crippen LogP contribution in [0.1, 0.15) is 19.3 Å². The quantitative estimate of drug-likeness (QED) is 0.820. The van der Waals surface area contributed by atoms with E-state index in [0.29, 0.717) is 4.90 Å². The molecule has 1 aliphatic carbocycles. The largest absolute Gasteiger partial charge is 0.406 e. The van der Waals surface area contributed by atoms with Gasteiger partial charge in [0.25, 0.3) is 0 Å². The molecule has 2 heterocycles. The smallest absolute Gasteiger partial charge is 0.386 e. The zero-order chi connectivity index (χ0) is 15.4. The molecule has 8 heteroatoms. The van der Waals surface area contributed by atoms with Gasteiger partial charge in [-0.1, -0.05) is 0 Å². The van der Waals surface area contributed by atoms with Crippen molar-refractivity contribution in [3.63, 3.8) is 0 Å². The minimum atomic E-state index is -4.45. The fourth-order valence-electron chi connectivity index (χ4n) is 3.21. The molecule has 2 saturated heterocycles. The second-order valence-corrected chi connectivity index (χ2v) is 6.36. The van der Waals surface area contributed by atoms with Gasteiger partial charge >= 0.3 is 6.18 Å². The molecule has 1 N–H and O–H groups in total. The van der Waals surface area contributed by atoms with Gasteiger partial charge in [-0.05, 0) is 18.8 Å². The van der Waals surface area contributed by atoms with E-state index in [9.17, 15) is 27.9 Å². The molecule has 5 nitrogen and oxygen atoms in total. The minimum absolute atomic E-state index is 0.173. The standard InChI is InChI=1S/C13H17F3N2O3/c14-13(15,16)7-17-4-8(3-10(17)19)11(20)18-5-12(21,6-18)9-1-2-9/h8-9,21H,1-7H2/t8-/m1/s1. The second kappa shape index (κ2) is 4.59. The zero-order valence-electron chi connectivity index (χ0n) is 11.4. The third-order valence-electron chi connectivity index (χ3n) is 4.51. The van der Waals surface area contributed by atoms with Crippen molar-refractivity contribution >= 4 is 11.8 Å². The van der Waals surface area contributed by atoms with Gasteiger partial charge in [0, 0.05) is 13.0 Å². The van der Waals surface area contributed by atoms with Crippen LogP contribution in [0, 0.1) is 11.8 Å². The number of carbonyl (C=O) groups is 2. The lowest BCUT2D eigenvalue weighted by molar-refractivity contribution is -0.164. The van der Waals surface area contributed by atoms with Gasteiger partial charge in [0.1, 0.15) is 12.1 Å². The molecule has 2 amide bonds. The van der Waals surface area contributed by atoms with Crippen molar-refractivity contribution in [2.45, 2.75) is 31.0 Å². The van der Waals surface area contributed by atoms with E-state index in [4.69, 9.17) is 0 Å². The highest BCUT2D eigenvalue weighted by Crippen LogP contribution is 2.45. The summed E-state index contributed by atoms with van der Waals surface area (Å²) in [6.45, 7) is -1.02. The van der Waals surface area contributed by atoms with E-state index in [0.717, 1.165) is 12.8 Å². The Bertz CT molecular complexity index is 470. The molecule has 118 valence electrons. The Morgan fingerprint density at radius 1 is 1.33 bits per heavy atom. The Balaban J connectivity index is 1.54. The van der Waals surface area contributed by atoms with Crippen LogP contribution >= 0.6 is 0 Å². The van der Waals surface area contributed by atoms with E-state index in [-0.39, 0.29) is 37.9 Å². The minimum Gasteiger partial charge on any atom is -0.386 e. The molecular weight excluding hydrogens is 289 g/mol. The van der Waals surface area contributed by atoms with Gasteiger partial charge in [0.15, 0.2) is 0 Å². The summed E-state index contributed by atoms with van der Waals surface area (Å²) in [7, 11) is 0. The first kappa shape index (κ1) is 14.6. The highest BCUT2D eigenvalue weighted by Gasteiger charge is 2.54. The molecule has 2 aliphatic heterocycles. The van der Waals surface area contributed by atoms with Gasteiger partial charge in [0.2, 0.25) is 11.8 Å². The number of β-amino-alcohol motifs (C(OH)–C–C–N with tert-alkyl or cyclic N) is 1. The first-order valence-corrected chi connectivity index (χ1v) is 7.04. The van der Waals surface area contributed by atoms with Crippen LogP contribution in [-0.4, -0.2) is 64.7 Å². The molecule has 3 fully saturated rings. The SMILES string of the molecule is O=C1C[C@@H](C(=O)N2CC(O)(C3CC3)C2)CN1CC(F)(F)F. The molecule has 0 radical (unpaired) electrons. The van der Waals surface area contributed by atoms with E-state index in [1.54, 1.807) is 0 Å². The van der Waals surface area contributed by atoms with E-state index < -0.39 is 30.1 Å². The van der Waals surface area contributed by atoms with Gasteiger partial charge in [-0.2, -0.15) is 13.2 Å². The van der Waals surface area contributed by atoms with Crippen molar-refractivity contribution in [2.24, 2.45) is 11.8 Å². The third kappa shape index (κ3) is 2.86. The van der Waals surface area contributed by atoms with E-state index >= 15 is 0 Å². The highest BCUT2D eigenvalue weighted by molar-refractivity contribution is 5.89. The summed E-state index contributed by atoms with van der Waals surface area (Å²) in [5.74, 6) is -1.43. The molecule has 1 atom stereocenters. The molecule has 0 unspecified atom stereocenters. The van der Waals surface area contributed by atoms with Crippen LogP contribution < -0.4 is 0 Å². The highest BCUT2D eigenvalue weighted by atomic mass is 19.4. The number of nitrogens with zero attached hydrogens (tertiary/aromatic N) is 2. The molecule has 0 spiro atoms. The Morgan fingerprint density at radius 2 is 1.95 bits per heavy atom. The summed E-state index contributed by atoms with van der Waals surface area (Å²) >= 11 is 0. The van der Waals surface area contributed by atoms with Gasteiger partial charge in [-0.3, -0.25) is 9.59 Å². The van der Waals surface area contributed by atoms with Gasteiger partial charge in [-0.25, -0.2) is 0 Å². The predicted molar refractivity (Wildman–Crippen MR) is 65.0 cm³/mol. The molecule has 21 heavy (non-hydrogen) atoms. The zero-order valence-corrected chi connectivity index (χ0v) is 11.4. The number of halogens is 3. The predicted octanol–water partition coefficient (Wildman–Crippen LogP) is 0.380. The number of likely N-dealkylation sites (tertiary alicyclic amines) is 2. The van der Waals surface area contributed by atoms with Crippen molar-refractivity contribution in [3.8, 4) is 0 Å². The molecular formula is C13H17F3N2O3. The Kier molecular flexibility index (Phi) is 3.20. The Hall–Kier alpha value is -1.31.